The van der Waals surface area contributed by atoms with Gasteiger partial charge in [0, 0.05) is 18.1 Å². The van der Waals surface area contributed by atoms with Crippen molar-refractivity contribution >= 4 is 44.8 Å². The highest BCUT2D eigenvalue weighted by molar-refractivity contribution is 7.92. The van der Waals surface area contributed by atoms with E-state index in [1.54, 1.807) is 12.1 Å². The molecule has 1 aliphatic rings. The first kappa shape index (κ1) is 20.0. The zero-order valence-corrected chi connectivity index (χ0v) is 17.1. The molecule has 5 nitrogen and oxygen atoms in total. The molecule has 0 atom stereocenters. The van der Waals surface area contributed by atoms with Crippen LogP contribution in [-0.2, 0) is 10.0 Å². The molecule has 2 aromatic carbocycles. The Hall–Kier alpha value is -1.76. The molecular formula is C19H20Cl2N2O3S. The molecule has 0 bridgehead atoms. The molecule has 144 valence electrons. The lowest BCUT2D eigenvalue weighted by atomic mass is 10.1. The van der Waals surface area contributed by atoms with Crippen LogP contribution in [0, 0.1) is 0 Å². The molecule has 0 radical (unpaired) electrons. The Balaban J connectivity index is 1.81. The van der Waals surface area contributed by atoms with Crippen LogP contribution in [0.15, 0.2) is 47.4 Å². The molecule has 0 heterocycles. The van der Waals surface area contributed by atoms with E-state index >= 15 is 0 Å². The van der Waals surface area contributed by atoms with Crippen LogP contribution in [0.4, 0.5) is 5.69 Å². The van der Waals surface area contributed by atoms with Crippen LogP contribution in [0.25, 0.3) is 0 Å². The van der Waals surface area contributed by atoms with Crippen molar-refractivity contribution in [3.63, 3.8) is 0 Å². The molecule has 2 aromatic rings. The third kappa shape index (κ3) is 4.39. The molecule has 0 unspecified atom stereocenters. The number of nitrogens with zero attached hydrogens (tertiary/aromatic N) is 1. The number of rotatable bonds is 5. The Bertz CT molecular complexity index is 940. The molecule has 1 fully saturated rings. The van der Waals surface area contributed by atoms with E-state index in [-0.39, 0.29) is 21.9 Å². The highest BCUT2D eigenvalue weighted by Crippen LogP contribution is 2.28. The number of halogens is 2. The molecular weight excluding hydrogens is 407 g/mol. The maximum atomic E-state index is 12.8. The van der Waals surface area contributed by atoms with Crippen LogP contribution in [0.3, 0.4) is 0 Å². The first-order valence-corrected chi connectivity index (χ1v) is 10.8. The van der Waals surface area contributed by atoms with E-state index in [1.165, 1.54) is 37.4 Å². The summed E-state index contributed by atoms with van der Waals surface area (Å²) in [5.74, 6) is -0.235. The van der Waals surface area contributed by atoms with Crippen LogP contribution >= 0.6 is 23.2 Å². The minimum atomic E-state index is -3.76. The van der Waals surface area contributed by atoms with Gasteiger partial charge in [0.05, 0.1) is 21.2 Å². The summed E-state index contributed by atoms with van der Waals surface area (Å²) in [6.45, 7) is 0. The van der Waals surface area contributed by atoms with Crippen molar-refractivity contribution < 1.29 is 13.2 Å². The predicted octanol–water partition coefficient (Wildman–Crippen LogP) is 4.49. The highest BCUT2D eigenvalue weighted by Gasteiger charge is 2.23. The van der Waals surface area contributed by atoms with Gasteiger partial charge in [-0.05, 0) is 55.3 Å². The first-order valence-electron chi connectivity index (χ1n) is 8.64. The molecule has 3 rings (SSSR count). The third-order valence-electron chi connectivity index (χ3n) is 4.72. The zero-order chi connectivity index (χ0) is 19.6. The molecule has 1 aliphatic carbocycles. The SMILES string of the molecule is CN(c1ccc(C(=O)NC2CCCC2)c(Cl)c1)S(=O)(=O)c1ccc(Cl)cc1. The van der Waals surface area contributed by atoms with Gasteiger partial charge in [0.15, 0.2) is 0 Å². The summed E-state index contributed by atoms with van der Waals surface area (Å²) in [5.41, 5.74) is 0.706. The largest absolute Gasteiger partial charge is 0.349 e. The Morgan fingerprint density at radius 2 is 1.70 bits per heavy atom. The molecule has 0 aromatic heterocycles. The van der Waals surface area contributed by atoms with Crippen molar-refractivity contribution in [2.75, 3.05) is 11.4 Å². The number of benzene rings is 2. The number of hydrogen-bond acceptors (Lipinski definition) is 3. The van der Waals surface area contributed by atoms with E-state index in [2.05, 4.69) is 5.32 Å². The minimum absolute atomic E-state index is 0.119. The lowest BCUT2D eigenvalue weighted by Crippen LogP contribution is -2.33. The standard InChI is InChI=1S/C19H20Cl2N2O3S/c1-23(27(25,26)16-9-6-13(20)7-10-16)15-8-11-17(18(21)12-15)19(24)22-14-4-2-3-5-14/h6-12,14H,2-5H2,1H3,(H,22,24). The summed E-state index contributed by atoms with van der Waals surface area (Å²) in [5, 5.41) is 3.64. The number of anilines is 1. The molecule has 1 amide bonds. The maximum Gasteiger partial charge on any atom is 0.264 e. The van der Waals surface area contributed by atoms with Gasteiger partial charge in [-0.15, -0.1) is 0 Å². The van der Waals surface area contributed by atoms with Gasteiger partial charge in [0.2, 0.25) is 0 Å². The summed E-state index contributed by atoms with van der Waals surface area (Å²) in [7, 11) is -2.32. The number of sulfonamides is 1. The van der Waals surface area contributed by atoms with Crippen LogP contribution in [0.1, 0.15) is 36.0 Å². The molecule has 8 heteroatoms. The third-order valence-corrected chi connectivity index (χ3v) is 7.09. The van der Waals surface area contributed by atoms with Gasteiger partial charge in [-0.3, -0.25) is 9.10 Å². The van der Waals surface area contributed by atoms with Crippen molar-refractivity contribution in [1.29, 1.82) is 0 Å². The summed E-state index contributed by atoms with van der Waals surface area (Å²) in [6.07, 6.45) is 4.18. The number of carbonyl (C=O) groups is 1. The zero-order valence-electron chi connectivity index (χ0n) is 14.8. The van der Waals surface area contributed by atoms with Crippen LogP contribution in [0.2, 0.25) is 10.0 Å². The van der Waals surface area contributed by atoms with Crippen molar-refractivity contribution in [1.82, 2.24) is 5.32 Å². The van der Waals surface area contributed by atoms with Crippen molar-refractivity contribution in [3.05, 3.63) is 58.1 Å². The summed E-state index contributed by atoms with van der Waals surface area (Å²) in [6, 6.07) is 10.7. The van der Waals surface area contributed by atoms with Gasteiger partial charge >= 0.3 is 0 Å². The van der Waals surface area contributed by atoms with E-state index < -0.39 is 10.0 Å². The Labute approximate surface area is 169 Å². The van der Waals surface area contributed by atoms with Gasteiger partial charge in [-0.1, -0.05) is 36.0 Å². The number of nitrogens with one attached hydrogen (secondary N) is 1. The second-order valence-electron chi connectivity index (χ2n) is 6.55. The Kier molecular flexibility index (Phi) is 5.99. The lowest BCUT2D eigenvalue weighted by molar-refractivity contribution is 0.0938. The second-order valence-corrected chi connectivity index (χ2v) is 9.36. The first-order chi connectivity index (χ1) is 12.8. The highest BCUT2D eigenvalue weighted by atomic mass is 35.5. The molecule has 0 aliphatic heterocycles. The summed E-state index contributed by atoms with van der Waals surface area (Å²) < 4.78 is 26.7. The molecule has 1 saturated carbocycles. The quantitative estimate of drug-likeness (QED) is 0.765. The Morgan fingerprint density at radius 3 is 2.30 bits per heavy atom. The summed E-state index contributed by atoms with van der Waals surface area (Å²) >= 11 is 12.1. The number of amides is 1. The second kappa shape index (κ2) is 8.09. The topological polar surface area (TPSA) is 66.5 Å². The van der Waals surface area contributed by atoms with Crippen LogP contribution in [-0.4, -0.2) is 27.4 Å². The average Bonchev–Trinajstić information content (AvgIpc) is 3.14. The maximum absolute atomic E-state index is 12.8. The van der Waals surface area contributed by atoms with Crippen molar-refractivity contribution in [2.45, 2.75) is 36.6 Å². The van der Waals surface area contributed by atoms with Crippen molar-refractivity contribution in [2.24, 2.45) is 0 Å². The van der Waals surface area contributed by atoms with E-state index in [1.807, 2.05) is 0 Å². The van der Waals surface area contributed by atoms with Gasteiger partial charge in [-0.2, -0.15) is 0 Å². The Morgan fingerprint density at radius 1 is 1.07 bits per heavy atom. The van der Waals surface area contributed by atoms with Gasteiger partial charge in [0.1, 0.15) is 0 Å². The fourth-order valence-electron chi connectivity index (χ4n) is 3.12. The van der Waals surface area contributed by atoms with E-state index in [0.29, 0.717) is 16.3 Å². The molecule has 27 heavy (non-hydrogen) atoms. The van der Waals surface area contributed by atoms with Crippen molar-refractivity contribution in [3.8, 4) is 0 Å². The average molecular weight is 427 g/mol. The minimum Gasteiger partial charge on any atom is -0.349 e. The number of hydrogen-bond donors (Lipinski definition) is 1. The lowest BCUT2D eigenvalue weighted by Gasteiger charge is -2.20. The normalized spacial score (nSPS) is 14.9. The molecule has 0 saturated heterocycles. The van der Waals surface area contributed by atoms with Crippen LogP contribution in [0.5, 0.6) is 0 Å². The number of carbonyl (C=O) groups excluding carboxylic acids is 1. The monoisotopic (exact) mass is 426 g/mol. The fourth-order valence-corrected chi connectivity index (χ4v) is 4.69. The van der Waals surface area contributed by atoms with Crippen LogP contribution < -0.4 is 9.62 Å². The molecule has 1 N–H and O–H groups in total. The van der Waals surface area contributed by atoms with E-state index in [9.17, 15) is 13.2 Å². The van der Waals surface area contributed by atoms with E-state index in [0.717, 1.165) is 30.0 Å². The molecule has 0 spiro atoms. The van der Waals surface area contributed by atoms with E-state index in [4.69, 9.17) is 23.2 Å². The van der Waals surface area contributed by atoms with Gasteiger partial charge < -0.3 is 5.32 Å². The summed E-state index contributed by atoms with van der Waals surface area (Å²) in [4.78, 5) is 12.5. The van der Waals surface area contributed by atoms with Gasteiger partial charge in [-0.25, -0.2) is 8.42 Å². The van der Waals surface area contributed by atoms with Gasteiger partial charge in [0.25, 0.3) is 15.9 Å². The smallest absolute Gasteiger partial charge is 0.264 e. The fraction of sp³-hybridized carbons (Fsp3) is 0.316. The predicted molar refractivity (Wildman–Crippen MR) is 108 cm³/mol.